The molecule has 0 aliphatic heterocycles. The molecule has 0 bridgehead atoms. The first-order valence-electron chi connectivity index (χ1n) is 32.8. The fraction of sp³-hybridized carbons (Fsp3) is 0.955. The van der Waals surface area contributed by atoms with Crippen LogP contribution in [0.4, 0.5) is 0 Å². The fourth-order valence-corrected chi connectivity index (χ4v) is 10.3. The van der Waals surface area contributed by atoms with E-state index in [1.54, 1.807) is 0 Å². The first kappa shape index (κ1) is 70.4. The number of carbonyl (C=O) groups is 3. The maximum Gasteiger partial charge on any atom is 0.306 e. The van der Waals surface area contributed by atoms with Gasteiger partial charge in [0.2, 0.25) is 0 Å². The first-order valence-corrected chi connectivity index (χ1v) is 32.8. The molecule has 1 unspecified atom stereocenters. The second-order valence-electron chi connectivity index (χ2n) is 23.5. The van der Waals surface area contributed by atoms with Gasteiger partial charge in [-0.05, 0) is 31.1 Å². The van der Waals surface area contributed by atoms with E-state index in [2.05, 4.69) is 34.6 Å². The van der Waals surface area contributed by atoms with Crippen LogP contribution >= 0.6 is 0 Å². The molecule has 0 spiro atoms. The third-order valence-electron chi connectivity index (χ3n) is 15.6. The lowest BCUT2D eigenvalue weighted by Crippen LogP contribution is -2.30. The standard InChI is InChI=1S/C66H128O6/c1-6-8-9-10-11-12-13-14-19-28-33-38-43-48-53-58-66(69)72-63(60-71-65(68)57-52-47-42-37-32-27-23-22-25-30-35-40-45-50-55-62(5)7-2)59-70-64(67)56-51-46-41-36-31-26-21-18-16-15-17-20-24-29-34-39-44-49-54-61(3)4/h61-63H,6-60H2,1-5H3/t62?,63-/m0/s1. The van der Waals surface area contributed by atoms with Crippen molar-refractivity contribution in [3.8, 4) is 0 Å². The summed E-state index contributed by atoms with van der Waals surface area (Å²) in [5, 5.41) is 0. The van der Waals surface area contributed by atoms with Crippen molar-refractivity contribution in [2.75, 3.05) is 13.2 Å². The van der Waals surface area contributed by atoms with Crippen LogP contribution in [0.2, 0.25) is 0 Å². The molecule has 0 heterocycles. The van der Waals surface area contributed by atoms with E-state index in [4.69, 9.17) is 14.2 Å². The Balaban J connectivity index is 4.26. The van der Waals surface area contributed by atoms with Gasteiger partial charge in [-0.15, -0.1) is 0 Å². The number of hydrogen-bond acceptors (Lipinski definition) is 6. The summed E-state index contributed by atoms with van der Waals surface area (Å²) in [4.78, 5) is 38.3. The van der Waals surface area contributed by atoms with Gasteiger partial charge >= 0.3 is 17.9 Å². The van der Waals surface area contributed by atoms with Crippen molar-refractivity contribution in [3.63, 3.8) is 0 Å². The highest BCUT2D eigenvalue weighted by atomic mass is 16.6. The molecule has 0 aromatic carbocycles. The molecular weight excluding hydrogens is 889 g/mol. The molecule has 0 fully saturated rings. The largest absolute Gasteiger partial charge is 0.462 e. The lowest BCUT2D eigenvalue weighted by molar-refractivity contribution is -0.167. The van der Waals surface area contributed by atoms with Crippen molar-refractivity contribution in [3.05, 3.63) is 0 Å². The molecule has 0 amide bonds. The zero-order valence-electron chi connectivity index (χ0n) is 49.6. The maximum atomic E-state index is 12.9. The summed E-state index contributed by atoms with van der Waals surface area (Å²) in [5.74, 6) is 0.926. The van der Waals surface area contributed by atoms with Gasteiger partial charge in [0.1, 0.15) is 13.2 Å². The Morgan fingerprint density at radius 2 is 0.528 bits per heavy atom. The lowest BCUT2D eigenvalue weighted by atomic mass is 9.99. The van der Waals surface area contributed by atoms with E-state index in [-0.39, 0.29) is 31.1 Å². The lowest BCUT2D eigenvalue weighted by Gasteiger charge is -2.18. The summed E-state index contributed by atoms with van der Waals surface area (Å²) in [6.07, 6.45) is 65.3. The van der Waals surface area contributed by atoms with E-state index in [0.717, 1.165) is 69.6 Å². The van der Waals surface area contributed by atoms with Crippen molar-refractivity contribution < 1.29 is 28.6 Å². The molecule has 0 radical (unpaired) electrons. The highest BCUT2D eigenvalue weighted by Gasteiger charge is 2.19. The van der Waals surface area contributed by atoms with Gasteiger partial charge in [0.15, 0.2) is 6.10 Å². The summed E-state index contributed by atoms with van der Waals surface area (Å²) in [6.45, 7) is 11.5. The average molecular weight is 1020 g/mol. The van der Waals surface area contributed by atoms with Crippen molar-refractivity contribution in [2.24, 2.45) is 11.8 Å². The second kappa shape index (κ2) is 58.7. The summed E-state index contributed by atoms with van der Waals surface area (Å²) in [6, 6.07) is 0. The van der Waals surface area contributed by atoms with Gasteiger partial charge in [-0.3, -0.25) is 14.4 Å². The molecular formula is C66H128O6. The smallest absolute Gasteiger partial charge is 0.306 e. The minimum Gasteiger partial charge on any atom is -0.462 e. The average Bonchev–Trinajstić information content (AvgIpc) is 3.37. The topological polar surface area (TPSA) is 78.9 Å². The minimum absolute atomic E-state index is 0.0616. The summed E-state index contributed by atoms with van der Waals surface area (Å²) >= 11 is 0. The highest BCUT2D eigenvalue weighted by molar-refractivity contribution is 5.71. The van der Waals surface area contributed by atoms with Crippen LogP contribution in [0.5, 0.6) is 0 Å². The third-order valence-corrected chi connectivity index (χ3v) is 15.6. The van der Waals surface area contributed by atoms with Gasteiger partial charge in [0.25, 0.3) is 0 Å². The van der Waals surface area contributed by atoms with Crippen molar-refractivity contribution in [1.82, 2.24) is 0 Å². The first-order chi connectivity index (χ1) is 35.3. The molecule has 0 rings (SSSR count). The molecule has 428 valence electrons. The van der Waals surface area contributed by atoms with Crippen molar-refractivity contribution in [2.45, 2.75) is 381 Å². The molecule has 0 N–H and O–H groups in total. The van der Waals surface area contributed by atoms with Gasteiger partial charge in [-0.2, -0.15) is 0 Å². The minimum atomic E-state index is -0.764. The van der Waals surface area contributed by atoms with Crippen LogP contribution in [-0.2, 0) is 28.6 Å². The third kappa shape index (κ3) is 57.7. The van der Waals surface area contributed by atoms with Crippen LogP contribution in [-0.4, -0.2) is 37.2 Å². The summed E-state index contributed by atoms with van der Waals surface area (Å²) in [7, 11) is 0. The van der Waals surface area contributed by atoms with Crippen LogP contribution in [0.25, 0.3) is 0 Å². The van der Waals surface area contributed by atoms with Crippen LogP contribution in [0, 0.1) is 11.8 Å². The van der Waals surface area contributed by atoms with E-state index in [0.29, 0.717) is 19.3 Å². The van der Waals surface area contributed by atoms with E-state index in [9.17, 15) is 14.4 Å². The molecule has 6 heteroatoms. The Hall–Kier alpha value is -1.59. The molecule has 0 saturated carbocycles. The number of hydrogen-bond donors (Lipinski definition) is 0. The summed E-state index contributed by atoms with van der Waals surface area (Å²) in [5.41, 5.74) is 0. The van der Waals surface area contributed by atoms with Gasteiger partial charge in [-0.1, -0.05) is 336 Å². The quantitative estimate of drug-likeness (QED) is 0.0343. The number of unbranched alkanes of at least 4 members (excludes halogenated alkanes) is 44. The van der Waals surface area contributed by atoms with Crippen LogP contribution < -0.4 is 0 Å². The number of carbonyl (C=O) groups excluding carboxylic acids is 3. The van der Waals surface area contributed by atoms with Crippen molar-refractivity contribution in [1.29, 1.82) is 0 Å². The van der Waals surface area contributed by atoms with Crippen molar-refractivity contribution >= 4 is 17.9 Å². The zero-order chi connectivity index (χ0) is 52.5. The molecule has 6 nitrogen and oxygen atoms in total. The summed E-state index contributed by atoms with van der Waals surface area (Å²) < 4.78 is 17.0. The second-order valence-corrected chi connectivity index (χ2v) is 23.5. The van der Waals surface area contributed by atoms with Gasteiger partial charge in [0, 0.05) is 19.3 Å². The molecule has 0 aromatic rings. The Morgan fingerprint density at radius 3 is 0.792 bits per heavy atom. The Kier molecular flexibility index (Phi) is 57.4. The van der Waals surface area contributed by atoms with E-state index in [1.807, 2.05) is 0 Å². The zero-order valence-corrected chi connectivity index (χ0v) is 49.6. The molecule has 0 aliphatic carbocycles. The molecule has 72 heavy (non-hydrogen) atoms. The van der Waals surface area contributed by atoms with Gasteiger partial charge < -0.3 is 14.2 Å². The molecule has 2 atom stereocenters. The van der Waals surface area contributed by atoms with E-state index >= 15 is 0 Å². The SMILES string of the molecule is CCCCCCCCCCCCCCCCCC(=O)O[C@@H](COC(=O)CCCCCCCCCCCCCCCCCCCCC(C)C)COC(=O)CCCCCCCCCCCCCCCCC(C)CC. The molecule has 0 aliphatic rings. The molecule has 0 aromatic heterocycles. The number of esters is 3. The van der Waals surface area contributed by atoms with Crippen LogP contribution in [0.1, 0.15) is 375 Å². The highest BCUT2D eigenvalue weighted by Crippen LogP contribution is 2.19. The van der Waals surface area contributed by atoms with E-state index in [1.165, 1.54) is 263 Å². The normalized spacial score (nSPS) is 12.4. The van der Waals surface area contributed by atoms with Gasteiger partial charge in [-0.25, -0.2) is 0 Å². The number of ether oxygens (including phenoxy) is 3. The maximum absolute atomic E-state index is 12.9. The Bertz CT molecular complexity index is 1110. The van der Waals surface area contributed by atoms with Gasteiger partial charge in [0.05, 0.1) is 0 Å². The van der Waals surface area contributed by atoms with Crippen LogP contribution in [0.3, 0.4) is 0 Å². The fourth-order valence-electron chi connectivity index (χ4n) is 10.3. The van der Waals surface area contributed by atoms with Crippen LogP contribution in [0.15, 0.2) is 0 Å². The van der Waals surface area contributed by atoms with E-state index < -0.39 is 6.10 Å². The Labute approximate surface area is 450 Å². The predicted octanol–water partition coefficient (Wildman–Crippen LogP) is 22.0. The monoisotopic (exact) mass is 1020 g/mol. The molecule has 0 saturated heterocycles. The Morgan fingerprint density at radius 1 is 0.292 bits per heavy atom. The predicted molar refractivity (Wildman–Crippen MR) is 312 cm³/mol. The number of rotatable bonds is 60.